The third kappa shape index (κ3) is 6.10. The van der Waals surface area contributed by atoms with Gasteiger partial charge in [-0.05, 0) is 38.5 Å². The predicted molar refractivity (Wildman–Crippen MR) is 108 cm³/mol. The second kappa shape index (κ2) is 12.4. The fourth-order valence-electron chi connectivity index (χ4n) is 4.23. The van der Waals surface area contributed by atoms with Gasteiger partial charge in [0.2, 0.25) is 0 Å². The van der Waals surface area contributed by atoms with Gasteiger partial charge in [-0.15, -0.1) is 8.87 Å². The van der Waals surface area contributed by atoms with Gasteiger partial charge in [0, 0.05) is 0 Å². The highest BCUT2D eigenvalue weighted by atomic mass is 27.2. The molecule has 0 atom stereocenters. The van der Waals surface area contributed by atoms with Crippen LogP contribution in [0.2, 0.25) is 5.28 Å². The normalized spacial score (nSPS) is 15.3. The van der Waals surface area contributed by atoms with Crippen molar-refractivity contribution in [3.05, 3.63) is 20.0 Å². The maximum absolute atomic E-state index is 2.48. The van der Waals surface area contributed by atoms with Crippen LogP contribution in [0.4, 0.5) is 0 Å². The average molecular weight is 333 g/mol. The molecule has 0 bridgehead atoms. The van der Waals surface area contributed by atoms with Gasteiger partial charge >= 0.3 is 14.1 Å². The first-order valence-electron chi connectivity index (χ1n) is 10.7. The molecule has 0 radical (unpaired) electrons. The molecule has 0 aliphatic carbocycles. The van der Waals surface area contributed by atoms with Gasteiger partial charge in [0.15, 0.2) is 0 Å². The van der Waals surface area contributed by atoms with Crippen LogP contribution in [0, 0.1) is 0 Å². The van der Waals surface area contributed by atoms with E-state index < -0.39 is 14.1 Å². The van der Waals surface area contributed by atoms with Gasteiger partial charge in [-0.3, -0.25) is 0 Å². The molecular formula is C22H41Al. The van der Waals surface area contributed by atoms with E-state index in [9.17, 15) is 0 Å². The molecule has 0 spiro atoms. The Bertz CT molecular complexity index is 353. The minimum Gasteiger partial charge on any atom is -0.122 e. The molecule has 1 aliphatic heterocycles. The molecule has 1 heterocycles. The zero-order valence-corrected chi connectivity index (χ0v) is 17.9. The molecule has 0 aromatic rings. The number of rotatable bonds is 13. The maximum Gasteiger partial charge on any atom is 0.335 e. The Kier molecular flexibility index (Phi) is 11.3. The van der Waals surface area contributed by atoms with E-state index in [4.69, 9.17) is 0 Å². The van der Waals surface area contributed by atoms with E-state index in [1.54, 1.807) is 0 Å². The molecule has 0 N–H and O–H groups in total. The van der Waals surface area contributed by atoms with E-state index in [0.717, 1.165) is 0 Å². The highest BCUT2D eigenvalue weighted by molar-refractivity contribution is 6.75. The summed E-state index contributed by atoms with van der Waals surface area (Å²) in [6.45, 7) is 11.9. The summed E-state index contributed by atoms with van der Waals surface area (Å²) in [5, 5.41) is 1.46. The molecule has 23 heavy (non-hydrogen) atoms. The quantitative estimate of drug-likeness (QED) is 0.300. The smallest absolute Gasteiger partial charge is 0.122 e. The van der Waals surface area contributed by atoms with Crippen LogP contribution < -0.4 is 0 Å². The monoisotopic (exact) mass is 332 g/mol. The lowest BCUT2D eigenvalue weighted by Crippen LogP contribution is -2.17. The summed E-state index contributed by atoms with van der Waals surface area (Å²) < 4.78 is 4.00. The largest absolute Gasteiger partial charge is 0.335 e. The lowest BCUT2D eigenvalue weighted by molar-refractivity contribution is 0.734. The zero-order valence-electron chi connectivity index (χ0n) is 16.8. The van der Waals surface area contributed by atoms with Gasteiger partial charge in [0.1, 0.15) is 0 Å². The first kappa shape index (κ1) is 21.1. The van der Waals surface area contributed by atoms with Crippen LogP contribution in [0.15, 0.2) is 20.0 Å². The molecule has 132 valence electrons. The van der Waals surface area contributed by atoms with E-state index in [2.05, 4.69) is 34.6 Å². The van der Waals surface area contributed by atoms with Crippen LogP contribution in [0.25, 0.3) is 0 Å². The summed E-state index contributed by atoms with van der Waals surface area (Å²) in [5.41, 5.74) is 3.77. The Balaban J connectivity index is 3.13. The van der Waals surface area contributed by atoms with Crippen LogP contribution in [0.3, 0.4) is 0 Å². The molecule has 0 nitrogen and oxygen atoms in total. The standard InChI is InChI=1S/C20H36.C2H5.Al/c1-5-9-13-17-19(15-11-7-3)20(16-12-8-4)18-14-10-6-2;1-2;/h5-16H2,1-4H3;1H2,2H3;. The number of hydrogen-bond donors (Lipinski definition) is 0. The molecule has 1 aliphatic rings. The lowest BCUT2D eigenvalue weighted by Gasteiger charge is -2.14. The number of allylic oxidation sites excluding steroid dienone is 4. The summed E-state index contributed by atoms with van der Waals surface area (Å²) in [4.78, 5) is 0. The van der Waals surface area contributed by atoms with Gasteiger partial charge in [-0.25, -0.2) is 0 Å². The molecule has 1 heteroatoms. The van der Waals surface area contributed by atoms with Crippen molar-refractivity contribution in [2.24, 2.45) is 0 Å². The lowest BCUT2D eigenvalue weighted by atomic mass is 9.93. The van der Waals surface area contributed by atoms with E-state index >= 15 is 0 Å². The van der Waals surface area contributed by atoms with Crippen LogP contribution in [0.5, 0.6) is 0 Å². The minimum atomic E-state index is -0.795. The minimum absolute atomic E-state index is 0.795. The van der Waals surface area contributed by atoms with Crippen molar-refractivity contribution in [2.45, 2.75) is 117 Å². The molecule has 0 aromatic heterocycles. The SMILES string of the molecule is CCCCC1=[C](CCCC)[Al]([CH2]C)[C](CCCC)=C1CCCC. The topological polar surface area (TPSA) is 0 Å². The molecule has 0 fully saturated rings. The van der Waals surface area contributed by atoms with E-state index in [-0.39, 0.29) is 0 Å². The van der Waals surface area contributed by atoms with Gasteiger partial charge < -0.3 is 0 Å². The fourth-order valence-corrected chi connectivity index (χ4v) is 8.22. The van der Waals surface area contributed by atoms with Crippen molar-refractivity contribution in [2.75, 3.05) is 0 Å². The molecule has 0 saturated carbocycles. The van der Waals surface area contributed by atoms with Crippen LogP contribution >= 0.6 is 0 Å². The fraction of sp³-hybridized carbons (Fsp3) is 0.818. The van der Waals surface area contributed by atoms with Gasteiger partial charge in [-0.2, -0.15) is 0 Å². The number of unbranched alkanes of at least 4 members (excludes halogenated alkanes) is 4. The van der Waals surface area contributed by atoms with Crippen LogP contribution in [0.1, 0.15) is 112 Å². The summed E-state index contributed by atoms with van der Waals surface area (Å²) in [6, 6.07) is 0. The van der Waals surface area contributed by atoms with Gasteiger partial charge in [0.25, 0.3) is 0 Å². The molecule has 1 rings (SSSR count). The van der Waals surface area contributed by atoms with Crippen molar-refractivity contribution in [3.63, 3.8) is 0 Å². The highest BCUT2D eigenvalue weighted by Crippen LogP contribution is 2.42. The Morgan fingerprint density at radius 3 is 1.17 bits per heavy atom. The van der Waals surface area contributed by atoms with Crippen molar-refractivity contribution in [3.8, 4) is 0 Å². The Morgan fingerprint density at radius 1 is 0.522 bits per heavy atom. The Morgan fingerprint density at radius 2 is 0.870 bits per heavy atom. The van der Waals surface area contributed by atoms with E-state index in [1.165, 1.54) is 82.3 Å². The van der Waals surface area contributed by atoms with Gasteiger partial charge in [0.05, 0.1) is 0 Å². The number of hydrogen-bond acceptors (Lipinski definition) is 0. The molecular weight excluding hydrogens is 291 g/mol. The summed E-state index contributed by atoms with van der Waals surface area (Å²) in [7, 11) is 0. The third-order valence-electron chi connectivity index (χ3n) is 5.55. The first-order chi connectivity index (χ1) is 11.2. The average Bonchev–Trinajstić information content (AvgIpc) is 2.85. The zero-order chi connectivity index (χ0) is 17.1. The first-order valence-corrected chi connectivity index (χ1v) is 12.7. The maximum atomic E-state index is 2.48. The Hall–Kier alpha value is 0.0125. The van der Waals surface area contributed by atoms with Crippen molar-refractivity contribution in [1.82, 2.24) is 0 Å². The predicted octanol–water partition coefficient (Wildman–Crippen LogP) is 7.95. The van der Waals surface area contributed by atoms with E-state index in [0.29, 0.717) is 0 Å². The molecule has 0 amide bonds. The summed E-state index contributed by atoms with van der Waals surface area (Å²) in [5.74, 6) is 0. The second-order valence-electron chi connectivity index (χ2n) is 7.38. The third-order valence-corrected chi connectivity index (χ3v) is 9.32. The van der Waals surface area contributed by atoms with Crippen LogP contribution in [-0.2, 0) is 0 Å². The van der Waals surface area contributed by atoms with Gasteiger partial charge in [-0.1, -0.05) is 89.6 Å². The van der Waals surface area contributed by atoms with Crippen molar-refractivity contribution >= 4 is 14.1 Å². The molecule has 0 saturated heterocycles. The van der Waals surface area contributed by atoms with E-state index in [1.807, 2.05) is 20.0 Å². The van der Waals surface area contributed by atoms with Crippen LogP contribution in [-0.4, -0.2) is 14.1 Å². The van der Waals surface area contributed by atoms with Crippen molar-refractivity contribution < 1.29 is 0 Å². The van der Waals surface area contributed by atoms with Crippen molar-refractivity contribution in [1.29, 1.82) is 0 Å². The Labute approximate surface area is 151 Å². The summed E-state index contributed by atoms with van der Waals surface area (Å²) in [6.07, 6.45) is 16.6. The highest BCUT2D eigenvalue weighted by Gasteiger charge is 2.35. The molecule has 0 aromatic carbocycles. The summed E-state index contributed by atoms with van der Waals surface area (Å²) >= 11 is -0.795. The molecule has 0 unspecified atom stereocenters. The second-order valence-corrected chi connectivity index (χ2v) is 10.7.